The molecule has 0 saturated carbocycles. The van der Waals surface area contributed by atoms with Gasteiger partial charge >= 0.3 is 5.97 Å². The molecule has 0 radical (unpaired) electrons. The molecule has 0 N–H and O–H groups in total. The lowest BCUT2D eigenvalue weighted by Gasteiger charge is -2.15. The Balaban J connectivity index is 1.86. The summed E-state index contributed by atoms with van der Waals surface area (Å²) in [7, 11) is 0. The van der Waals surface area contributed by atoms with E-state index in [4.69, 9.17) is 4.84 Å². The highest BCUT2D eigenvalue weighted by molar-refractivity contribution is 6.28. The smallest absolute Gasteiger partial charge is 0.312 e. The number of carbonyl (C=O) groups excluding carboxylic acids is 2. The van der Waals surface area contributed by atoms with Crippen molar-refractivity contribution in [1.82, 2.24) is 0 Å². The largest absolute Gasteiger partial charge is 0.368 e. The molecule has 2 aromatic carbocycles. The molecule has 1 aliphatic rings. The van der Waals surface area contributed by atoms with Crippen molar-refractivity contribution in [2.24, 2.45) is 5.16 Å². The number of para-hydroxylation sites is 1. The topological polar surface area (TPSA) is 59.0 Å². The Morgan fingerprint density at radius 3 is 2.32 bits per heavy atom. The highest BCUT2D eigenvalue weighted by Crippen LogP contribution is 2.18. The summed E-state index contributed by atoms with van der Waals surface area (Å²) in [5.74, 6) is -0.649. The van der Waals surface area contributed by atoms with Gasteiger partial charge in [0.1, 0.15) is 5.71 Å². The fourth-order valence-corrected chi connectivity index (χ4v) is 2.42. The number of benzene rings is 2. The van der Waals surface area contributed by atoms with Gasteiger partial charge in [0.25, 0.3) is 0 Å². The van der Waals surface area contributed by atoms with Crippen LogP contribution in [0.15, 0.2) is 89.7 Å². The van der Waals surface area contributed by atoms with Gasteiger partial charge in [-0.15, -0.1) is 0 Å². The van der Waals surface area contributed by atoms with Gasteiger partial charge in [-0.25, -0.2) is 4.79 Å². The zero-order chi connectivity index (χ0) is 17.6. The lowest BCUT2D eigenvalue weighted by molar-refractivity contribution is -0.136. The van der Waals surface area contributed by atoms with E-state index in [1.807, 2.05) is 60.7 Å². The van der Waals surface area contributed by atoms with Gasteiger partial charge in [0.15, 0.2) is 0 Å². The first-order valence-electron chi connectivity index (χ1n) is 7.75. The van der Waals surface area contributed by atoms with Crippen molar-refractivity contribution in [2.45, 2.75) is 6.92 Å². The fourth-order valence-electron chi connectivity index (χ4n) is 2.42. The van der Waals surface area contributed by atoms with Crippen LogP contribution < -0.4 is 4.90 Å². The van der Waals surface area contributed by atoms with Gasteiger partial charge < -0.3 is 4.84 Å². The molecular weight excluding hydrogens is 316 g/mol. The Kier molecular flexibility index (Phi) is 4.85. The molecule has 1 amide bonds. The van der Waals surface area contributed by atoms with E-state index in [-0.39, 0.29) is 5.91 Å². The van der Waals surface area contributed by atoms with Gasteiger partial charge in [-0.05, 0) is 24.3 Å². The number of rotatable bonds is 4. The van der Waals surface area contributed by atoms with Crippen LogP contribution in [-0.4, -0.2) is 17.6 Å². The van der Waals surface area contributed by atoms with Crippen LogP contribution in [0.2, 0.25) is 0 Å². The quantitative estimate of drug-likeness (QED) is 0.636. The second-order valence-electron chi connectivity index (χ2n) is 5.33. The predicted octanol–water partition coefficient (Wildman–Crippen LogP) is 3.44. The molecule has 2 aromatic rings. The van der Waals surface area contributed by atoms with Gasteiger partial charge in [-0.2, -0.15) is 0 Å². The zero-order valence-electron chi connectivity index (χ0n) is 13.6. The van der Waals surface area contributed by atoms with E-state index < -0.39 is 5.97 Å². The third-order valence-electron chi connectivity index (χ3n) is 3.61. The molecule has 1 aliphatic heterocycles. The fraction of sp³-hybridized carbons (Fsp3) is 0.0500. The third kappa shape index (κ3) is 3.72. The van der Waals surface area contributed by atoms with Crippen LogP contribution in [0, 0.1) is 0 Å². The van der Waals surface area contributed by atoms with Crippen molar-refractivity contribution in [3.05, 3.63) is 90.2 Å². The minimum Gasteiger partial charge on any atom is -0.312 e. The van der Waals surface area contributed by atoms with E-state index >= 15 is 0 Å². The average molecular weight is 332 g/mol. The highest BCUT2D eigenvalue weighted by Gasteiger charge is 2.25. The number of oxime groups is 1. The van der Waals surface area contributed by atoms with Crippen molar-refractivity contribution in [3.8, 4) is 0 Å². The molecule has 0 saturated heterocycles. The molecule has 5 nitrogen and oxygen atoms in total. The van der Waals surface area contributed by atoms with Crippen LogP contribution in [0.25, 0.3) is 0 Å². The van der Waals surface area contributed by atoms with Crippen LogP contribution in [0.3, 0.4) is 0 Å². The minimum atomic E-state index is -0.516. The van der Waals surface area contributed by atoms with Crippen LogP contribution in [0.5, 0.6) is 0 Å². The first kappa shape index (κ1) is 16.4. The summed E-state index contributed by atoms with van der Waals surface area (Å²) in [6, 6.07) is 18.6. The number of anilines is 1. The predicted molar refractivity (Wildman–Crippen MR) is 95.9 cm³/mol. The first-order valence-corrected chi connectivity index (χ1v) is 7.75. The SMILES string of the molecule is CC(=O)N(C=CC=C1C(=O)ON=C1c1ccccc1)c1ccccc1. The number of amides is 1. The summed E-state index contributed by atoms with van der Waals surface area (Å²) < 4.78 is 0. The Morgan fingerprint density at radius 2 is 1.68 bits per heavy atom. The van der Waals surface area contributed by atoms with Crippen molar-refractivity contribution < 1.29 is 14.4 Å². The number of nitrogens with zero attached hydrogens (tertiary/aromatic N) is 2. The molecule has 124 valence electrons. The second kappa shape index (κ2) is 7.40. The number of carbonyl (C=O) groups is 2. The van der Waals surface area contributed by atoms with Gasteiger partial charge in [0, 0.05) is 24.4 Å². The van der Waals surface area contributed by atoms with E-state index in [0.717, 1.165) is 11.3 Å². The van der Waals surface area contributed by atoms with Crippen molar-refractivity contribution in [2.75, 3.05) is 4.90 Å². The number of hydrogen-bond acceptors (Lipinski definition) is 4. The van der Waals surface area contributed by atoms with Gasteiger partial charge in [-0.3, -0.25) is 9.69 Å². The zero-order valence-corrected chi connectivity index (χ0v) is 13.6. The molecule has 0 atom stereocenters. The summed E-state index contributed by atoms with van der Waals surface area (Å²) in [6.45, 7) is 1.48. The molecule has 3 rings (SSSR count). The van der Waals surface area contributed by atoms with Crippen molar-refractivity contribution >= 4 is 23.3 Å². The van der Waals surface area contributed by atoms with Crippen molar-refractivity contribution in [1.29, 1.82) is 0 Å². The lowest BCUT2D eigenvalue weighted by atomic mass is 10.0. The molecule has 0 aromatic heterocycles. The molecule has 0 spiro atoms. The van der Waals surface area contributed by atoms with Crippen LogP contribution in [-0.2, 0) is 14.4 Å². The van der Waals surface area contributed by atoms with Gasteiger partial charge in [0.2, 0.25) is 5.91 Å². The molecule has 5 heteroatoms. The molecule has 0 unspecified atom stereocenters. The normalized spacial score (nSPS) is 15.3. The molecule has 25 heavy (non-hydrogen) atoms. The minimum absolute atomic E-state index is 0.133. The summed E-state index contributed by atoms with van der Waals surface area (Å²) in [6.07, 6.45) is 4.84. The van der Waals surface area contributed by atoms with Crippen molar-refractivity contribution in [3.63, 3.8) is 0 Å². The standard InChI is InChI=1S/C20H16N2O3/c1-15(23)22(17-11-6-3-7-12-17)14-8-13-18-19(21-25-20(18)24)16-9-4-2-5-10-16/h2-14H,1H3. The second-order valence-corrected chi connectivity index (χ2v) is 5.33. The monoisotopic (exact) mass is 332 g/mol. The highest BCUT2D eigenvalue weighted by atomic mass is 16.7. The summed E-state index contributed by atoms with van der Waals surface area (Å²) in [4.78, 5) is 30.1. The van der Waals surface area contributed by atoms with Gasteiger partial charge in [-0.1, -0.05) is 53.7 Å². The summed E-state index contributed by atoms with van der Waals surface area (Å²) in [5, 5.41) is 3.84. The maximum absolute atomic E-state index is 11.9. The van der Waals surface area contributed by atoms with Crippen LogP contribution >= 0.6 is 0 Å². The Morgan fingerprint density at radius 1 is 1.04 bits per heavy atom. The molecule has 0 fully saturated rings. The van der Waals surface area contributed by atoms with Crippen LogP contribution in [0.4, 0.5) is 5.69 Å². The van der Waals surface area contributed by atoms with E-state index in [1.54, 1.807) is 18.4 Å². The maximum atomic E-state index is 11.9. The lowest BCUT2D eigenvalue weighted by Crippen LogP contribution is -2.21. The Hall–Kier alpha value is -3.47. The van der Waals surface area contributed by atoms with Gasteiger partial charge in [0.05, 0.1) is 5.57 Å². The van der Waals surface area contributed by atoms with Crippen LogP contribution in [0.1, 0.15) is 12.5 Å². The number of hydrogen-bond donors (Lipinski definition) is 0. The Bertz CT molecular complexity index is 868. The Labute approximate surface area is 145 Å². The average Bonchev–Trinajstić information content (AvgIpc) is 3.00. The molecule has 1 heterocycles. The van der Waals surface area contributed by atoms with E-state index in [9.17, 15) is 9.59 Å². The van der Waals surface area contributed by atoms with E-state index in [1.165, 1.54) is 11.8 Å². The third-order valence-corrected chi connectivity index (χ3v) is 3.61. The maximum Gasteiger partial charge on any atom is 0.368 e. The molecule has 0 bridgehead atoms. The molecule has 0 aliphatic carbocycles. The first-order chi connectivity index (χ1) is 12.2. The van der Waals surface area contributed by atoms with E-state index in [2.05, 4.69) is 5.16 Å². The number of allylic oxidation sites excluding steroid dienone is 2. The summed E-state index contributed by atoms with van der Waals surface area (Å²) in [5.41, 5.74) is 2.36. The molecular formula is C20H16N2O3. The summed E-state index contributed by atoms with van der Waals surface area (Å²) >= 11 is 0. The van der Waals surface area contributed by atoms with E-state index in [0.29, 0.717) is 11.3 Å².